The molecule has 1 saturated heterocycles. The number of aromatic hydroxyl groups is 1. The lowest BCUT2D eigenvalue weighted by atomic mass is 9.95. The summed E-state index contributed by atoms with van der Waals surface area (Å²) in [5.74, 6) is -0.349. The molecule has 0 aromatic heterocycles. The highest BCUT2D eigenvalue weighted by atomic mass is 16.3. The molecule has 7 nitrogen and oxygen atoms in total. The van der Waals surface area contributed by atoms with Crippen LogP contribution in [0.2, 0.25) is 0 Å². The molecular weight excluding hydrogens is 322 g/mol. The van der Waals surface area contributed by atoms with Gasteiger partial charge in [0, 0.05) is 39.0 Å². The second-order valence-electron chi connectivity index (χ2n) is 6.56. The minimum atomic E-state index is -0.345. The number of carbonyl (C=O) groups is 3. The number of benzene rings is 1. The molecule has 0 saturated carbocycles. The predicted molar refractivity (Wildman–Crippen MR) is 93.0 cm³/mol. The van der Waals surface area contributed by atoms with Crippen LogP contribution in [0.5, 0.6) is 5.75 Å². The van der Waals surface area contributed by atoms with Gasteiger partial charge in [-0.2, -0.15) is 0 Å². The summed E-state index contributed by atoms with van der Waals surface area (Å²) in [6.45, 7) is 4.84. The normalized spacial score (nSPS) is 20.0. The second-order valence-corrected chi connectivity index (χ2v) is 6.56. The Kier molecular flexibility index (Phi) is 6.38. The lowest BCUT2D eigenvalue weighted by molar-refractivity contribution is -0.133. The van der Waals surface area contributed by atoms with E-state index >= 15 is 0 Å². The highest BCUT2D eigenvalue weighted by Gasteiger charge is 2.29. The van der Waals surface area contributed by atoms with E-state index in [1.165, 1.54) is 13.0 Å². The van der Waals surface area contributed by atoms with Crippen LogP contribution in [0.15, 0.2) is 24.3 Å². The van der Waals surface area contributed by atoms with Crippen LogP contribution in [0.3, 0.4) is 0 Å². The Balaban J connectivity index is 1.93. The van der Waals surface area contributed by atoms with Gasteiger partial charge in [-0.15, -0.1) is 0 Å². The van der Waals surface area contributed by atoms with Crippen LogP contribution >= 0.6 is 0 Å². The molecule has 0 bridgehead atoms. The third-order valence-electron chi connectivity index (χ3n) is 4.21. The van der Waals surface area contributed by atoms with Crippen molar-refractivity contribution in [3.63, 3.8) is 0 Å². The summed E-state index contributed by atoms with van der Waals surface area (Å²) >= 11 is 0. The fourth-order valence-electron chi connectivity index (χ4n) is 3.09. The molecule has 0 aliphatic carbocycles. The fraction of sp³-hybridized carbons (Fsp3) is 0.500. The van der Waals surface area contributed by atoms with Crippen molar-refractivity contribution >= 4 is 17.7 Å². The quantitative estimate of drug-likeness (QED) is 0.736. The molecule has 25 heavy (non-hydrogen) atoms. The second kappa shape index (κ2) is 8.50. The number of hydrogen-bond donors (Lipinski definition) is 3. The smallest absolute Gasteiger partial charge is 0.255 e. The van der Waals surface area contributed by atoms with Crippen molar-refractivity contribution in [1.82, 2.24) is 15.5 Å². The maximum absolute atomic E-state index is 12.3. The average molecular weight is 347 g/mol. The summed E-state index contributed by atoms with van der Waals surface area (Å²) in [4.78, 5) is 37.3. The van der Waals surface area contributed by atoms with E-state index in [-0.39, 0.29) is 47.4 Å². The SMILES string of the molecule is CC(=O)NCCC(=O)N1C[C@@H](C)C[C@H](NC(=O)c2ccccc2O)C1. The minimum Gasteiger partial charge on any atom is -0.507 e. The van der Waals surface area contributed by atoms with Crippen molar-refractivity contribution < 1.29 is 19.5 Å². The summed E-state index contributed by atoms with van der Waals surface area (Å²) in [7, 11) is 0. The van der Waals surface area contributed by atoms with E-state index < -0.39 is 0 Å². The maximum Gasteiger partial charge on any atom is 0.255 e. The van der Waals surface area contributed by atoms with Crippen LogP contribution in [-0.4, -0.2) is 53.4 Å². The number of carbonyl (C=O) groups excluding carboxylic acids is 3. The number of phenols is 1. The molecule has 1 aliphatic rings. The molecule has 1 aliphatic heterocycles. The number of nitrogens with zero attached hydrogens (tertiary/aromatic N) is 1. The summed E-state index contributed by atoms with van der Waals surface area (Å²) in [6, 6.07) is 6.21. The fourth-order valence-corrected chi connectivity index (χ4v) is 3.09. The van der Waals surface area contributed by atoms with E-state index in [1.807, 2.05) is 6.92 Å². The van der Waals surface area contributed by atoms with Crippen molar-refractivity contribution in [2.24, 2.45) is 5.92 Å². The van der Waals surface area contributed by atoms with E-state index in [1.54, 1.807) is 23.1 Å². The molecule has 1 fully saturated rings. The molecule has 0 unspecified atom stereocenters. The third kappa shape index (κ3) is 5.48. The monoisotopic (exact) mass is 347 g/mol. The molecule has 1 heterocycles. The van der Waals surface area contributed by atoms with E-state index in [4.69, 9.17) is 0 Å². The summed E-state index contributed by atoms with van der Waals surface area (Å²) in [5, 5.41) is 15.3. The number of phenolic OH excluding ortho intramolecular Hbond substituents is 1. The molecular formula is C18H25N3O4. The lowest BCUT2D eigenvalue weighted by Gasteiger charge is -2.37. The van der Waals surface area contributed by atoms with E-state index in [2.05, 4.69) is 10.6 Å². The van der Waals surface area contributed by atoms with Crippen molar-refractivity contribution in [1.29, 1.82) is 0 Å². The number of hydrogen-bond acceptors (Lipinski definition) is 4. The molecule has 2 atom stereocenters. The standard InChI is InChI=1S/C18H25N3O4/c1-12-9-14(20-18(25)15-5-3-4-6-16(15)23)11-21(10-12)17(24)7-8-19-13(2)22/h3-6,12,14,23H,7-11H2,1-2H3,(H,19,22)(H,20,25)/t12-,14-/m0/s1. The number of rotatable bonds is 5. The van der Waals surface area contributed by atoms with Gasteiger partial charge < -0.3 is 20.6 Å². The zero-order valence-electron chi connectivity index (χ0n) is 14.6. The molecule has 3 N–H and O–H groups in total. The Morgan fingerprint density at radius 1 is 1.24 bits per heavy atom. The molecule has 3 amide bonds. The van der Waals surface area contributed by atoms with Gasteiger partial charge in [-0.05, 0) is 24.5 Å². The summed E-state index contributed by atoms with van der Waals surface area (Å²) < 4.78 is 0. The number of amides is 3. The van der Waals surface area contributed by atoms with Crippen LogP contribution in [-0.2, 0) is 9.59 Å². The lowest BCUT2D eigenvalue weighted by Crippen LogP contribution is -2.52. The molecule has 1 aromatic rings. The van der Waals surface area contributed by atoms with Gasteiger partial charge in [0.15, 0.2) is 0 Å². The van der Waals surface area contributed by atoms with Crippen molar-refractivity contribution in [2.45, 2.75) is 32.7 Å². The van der Waals surface area contributed by atoms with Gasteiger partial charge in [0.1, 0.15) is 5.75 Å². The average Bonchev–Trinajstić information content (AvgIpc) is 2.54. The predicted octanol–water partition coefficient (Wildman–Crippen LogP) is 0.885. The summed E-state index contributed by atoms with van der Waals surface area (Å²) in [5.41, 5.74) is 0.226. The molecule has 0 radical (unpaired) electrons. The van der Waals surface area contributed by atoms with Gasteiger partial charge in [0.05, 0.1) is 5.56 Å². The van der Waals surface area contributed by atoms with E-state index in [9.17, 15) is 19.5 Å². The van der Waals surface area contributed by atoms with Crippen molar-refractivity contribution in [2.75, 3.05) is 19.6 Å². The molecule has 1 aromatic carbocycles. The zero-order chi connectivity index (χ0) is 18.4. The van der Waals surface area contributed by atoms with Gasteiger partial charge in [0.2, 0.25) is 11.8 Å². The highest BCUT2D eigenvalue weighted by Crippen LogP contribution is 2.19. The van der Waals surface area contributed by atoms with Crippen LogP contribution in [0.4, 0.5) is 0 Å². The third-order valence-corrected chi connectivity index (χ3v) is 4.21. The van der Waals surface area contributed by atoms with Crippen LogP contribution in [0, 0.1) is 5.92 Å². The minimum absolute atomic E-state index is 0.0397. The highest BCUT2D eigenvalue weighted by molar-refractivity contribution is 5.97. The van der Waals surface area contributed by atoms with Crippen molar-refractivity contribution in [3.8, 4) is 5.75 Å². The van der Waals surface area contributed by atoms with Crippen LogP contribution in [0.1, 0.15) is 37.0 Å². The molecule has 7 heteroatoms. The first kappa shape index (κ1) is 18.8. The maximum atomic E-state index is 12.3. The van der Waals surface area contributed by atoms with Gasteiger partial charge in [-0.1, -0.05) is 19.1 Å². The Morgan fingerprint density at radius 2 is 1.96 bits per heavy atom. The Bertz CT molecular complexity index is 647. The van der Waals surface area contributed by atoms with Crippen LogP contribution in [0.25, 0.3) is 0 Å². The first-order valence-electron chi connectivity index (χ1n) is 8.48. The Hall–Kier alpha value is -2.57. The molecule has 136 valence electrons. The van der Waals surface area contributed by atoms with Crippen molar-refractivity contribution in [3.05, 3.63) is 29.8 Å². The van der Waals surface area contributed by atoms with Gasteiger partial charge in [-0.25, -0.2) is 0 Å². The number of piperidine rings is 1. The van der Waals surface area contributed by atoms with Gasteiger partial charge in [-0.3, -0.25) is 14.4 Å². The number of nitrogens with one attached hydrogen (secondary N) is 2. The summed E-state index contributed by atoms with van der Waals surface area (Å²) in [6.07, 6.45) is 1.02. The molecule has 0 spiro atoms. The first-order valence-corrected chi connectivity index (χ1v) is 8.48. The zero-order valence-corrected chi connectivity index (χ0v) is 14.6. The Morgan fingerprint density at radius 3 is 2.64 bits per heavy atom. The largest absolute Gasteiger partial charge is 0.507 e. The van der Waals surface area contributed by atoms with Gasteiger partial charge >= 0.3 is 0 Å². The Labute approximate surface area is 147 Å². The topological polar surface area (TPSA) is 98.7 Å². The first-order chi connectivity index (χ1) is 11.9. The number of likely N-dealkylation sites (tertiary alicyclic amines) is 1. The van der Waals surface area contributed by atoms with Crippen LogP contribution < -0.4 is 10.6 Å². The van der Waals surface area contributed by atoms with Gasteiger partial charge in [0.25, 0.3) is 5.91 Å². The van der Waals surface area contributed by atoms with E-state index in [0.717, 1.165) is 6.42 Å². The number of para-hydroxylation sites is 1. The molecule has 2 rings (SSSR count). The van der Waals surface area contributed by atoms with E-state index in [0.29, 0.717) is 19.6 Å².